The van der Waals surface area contributed by atoms with E-state index in [4.69, 9.17) is 19.4 Å². The van der Waals surface area contributed by atoms with Crippen LogP contribution in [-0.4, -0.2) is 53.3 Å². The number of rotatable bonds is 5. The summed E-state index contributed by atoms with van der Waals surface area (Å²) in [4.78, 5) is 37.0. The second-order valence-corrected chi connectivity index (χ2v) is 6.31. The van der Waals surface area contributed by atoms with Crippen molar-refractivity contribution in [2.24, 2.45) is 0 Å². The second kappa shape index (κ2) is 10.1. The lowest BCUT2D eigenvalue weighted by molar-refractivity contribution is -0.192. The third kappa shape index (κ3) is 5.36. The molecule has 0 saturated heterocycles. The molecule has 0 fully saturated rings. The van der Waals surface area contributed by atoms with Gasteiger partial charge in [0, 0.05) is 17.0 Å². The summed E-state index contributed by atoms with van der Waals surface area (Å²) in [5.41, 5.74) is -1.28. The number of benzene rings is 2. The molecule has 2 aromatic carbocycles. The number of hydrogen-bond donors (Lipinski definition) is 2. The molecule has 34 heavy (non-hydrogen) atoms. The number of nitrogens with zero attached hydrogens (tertiary/aromatic N) is 1. The molecule has 1 heterocycles. The highest BCUT2D eigenvalue weighted by Crippen LogP contribution is 2.35. The van der Waals surface area contributed by atoms with Crippen LogP contribution in [0.3, 0.4) is 0 Å². The minimum Gasteiger partial charge on any atom is -0.493 e. The number of methoxy groups -OCH3 is 2. The maximum Gasteiger partial charge on any atom is 0.490 e. The maximum absolute atomic E-state index is 14.0. The molecule has 0 aliphatic rings. The lowest BCUT2D eigenvalue weighted by atomic mass is 9.98. The van der Waals surface area contributed by atoms with E-state index < -0.39 is 41.1 Å². The van der Waals surface area contributed by atoms with Gasteiger partial charge in [0.05, 0.1) is 25.3 Å². The van der Waals surface area contributed by atoms with E-state index in [1.54, 1.807) is 0 Å². The fourth-order valence-corrected chi connectivity index (χ4v) is 2.75. The van der Waals surface area contributed by atoms with E-state index in [0.29, 0.717) is 0 Å². The van der Waals surface area contributed by atoms with Crippen LogP contribution in [0.15, 0.2) is 36.5 Å². The summed E-state index contributed by atoms with van der Waals surface area (Å²) in [7, 11) is 2.72. The SMILES string of the molecule is COc1cc2c(C(=O)O)cnc(C(=O)c3c(F)cccc3F)c2cc1OC.O=C(O)C(F)(F)F. The van der Waals surface area contributed by atoms with Gasteiger partial charge in [-0.1, -0.05) is 6.07 Å². The van der Waals surface area contributed by atoms with Gasteiger partial charge in [0.2, 0.25) is 5.78 Å². The summed E-state index contributed by atoms with van der Waals surface area (Å²) < 4.78 is 70.1. The van der Waals surface area contributed by atoms with E-state index in [0.717, 1.165) is 24.4 Å². The van der Waals surface area contributed by atoms with Crippen LogP contribution in [0.1, 0.15) is 26.4 Å². The van der Waals surface area contributed by atoms with Crippen molar-refractivity contribution in [3.63, 3.8) is 0 Å². The quantitative estimate of drug-likeness (QED) is 0.408. The normalized spacial score (nSPS) is 10.8. The van der Waals surface area contributed by atoms with Crippen LogP contribution in [-0.2, 0) is 4.79 Å². The number of aromatic carboxylic acids is 1. The number of carboxylic acids is 2. The Morgan fingerprint density at radius 2 is 1.38 bits per heavy atom. The van der Waals surface area contributed by atoms with Gasteiger partial charge in [0.25, 0.3) is 0 Å². The summed E-state index contributed by atoms with van der Waals surface area (Å²) in [6.45, 7) is 0. The number of fused-ring (bicyclic) bond motifs is 1. The first-order chi connectivity index (χ1) is 15.8. The van der Waals surface area contributed by atoms with Crippen LogP contribution in [0, 0.1) is 11.6 Å². The first-order valence-electron chi connectivity index (χ1n) is 8.90. The fourth-order valence-electron chi connectivity index (χ4n) is 2.75. The Bertz CT molecular complexity index is 1250. The van der Waals surface area contributed by atoms with E-state index in [-0.39, 0.29) is 33.5 Å². The third-order valence-corrected chi connectivity index (χ3v) is 4.27. The van der Waals surface area contributed by atoms with Crippen molar-refractivity contribution in [2.75, 3.05) is 14.2 Å². The lowest BCUT2D eigenvalue weighted by Crippen LogP contribution is -2.21. The Labute approximate surface area is 187 Å². The first kappa shape index (κ1) is 26.0. The minimum absolute atomic E-state index is 0.0696. The lowest BCUT2D eigenvalue weighted by Gasteiger charge is -2.13. The predicted molar refractivity (Wildman–Crippen MR) is 105 cm³/mol. The van der Waals surface area contributed by atoms with Gasteiger partial charge in [0.1, 0.15) is 17.3 Å². The number of carbonyl (C=O) groups is 3. The molecule has 0 aliphatic carbocycles. The molecule has 3 rings (SSSR count). The Morgan fingerprint density at radius 1 is 0.912 bits per heavy atom. The fraction of sp³-hybridized carbons (Fsp3) is 0.143. The standard InChI is InChI=1S/C19H13F2NO5.C2HF3O2/c1-26-14-6-9-10(7-15(14)27-2)17(22-8-11(9)19(24)25)18(23)16-12(20)4-3-5-13(16)21;3-2(4,5)1(6)7/h3-8H,1-2H3,(H,24,25);(H,6,7). The van der Waals surface area contributed by atoms with Gasteiger partial charge in [-0.3, -0.25) is 9.78 Å². The molecule has 3 aromatic rings. The zero-order valence-corrected chi connectivity index (χ0v) is 17.2. The Balaban J connectivity index is 0.000000509. The molecule has 2 N–H and O–H groups in total. The minimum atomic E-state index is -5.08. The summed E-state index contributed by atoms with van der Waals surface area (Å²) in [6, 6.07) is 5.75. The number of ether oxygens (including phenoxy) is 2. The summed E-state index contributed by atoms with van der Waals surface area (Å²) >= 11 is 0. The molecule has 0 atom stereocenters. The highest BCUT2D eigenvalue weighted by Gasteiger charge is 2.38. The largest absolute Gasteiger partial charge is 0.493 e. The summed E-state index contributed by atoms with van der Waals surface area (Å²) in [5, 5.41) is 16.7. The molecule has 13 heteroatoms. The molecule has 1 aromatic heterocycles. The number of pyridine rings is 1. The average molecular weight is 487 g/mol. The van der Waals surface area contributed by atoms with Crippen molar-refractivity contribution in [3.8, 4) is 11.5 Å². The van der Waals surface area contributed by atoms with E-state index in [1.165, 1.54) is 26.4 Å². The van der Waals surface area contributed by atoms with Crippen molar-refractivity contribution in [2.45, 2.75) is 6.18 Å². The van der Waals surface area contributed by atoms with Crippen LogP contribution < -0.4 is 9.47 Å². The highest BCUT2D eigenvalue weighted by molar-refractivity contribution is 6.18. The molecular weight excluding hydrogens is 473 g/mol. The molecule has 0 bridgehead atoms. The van der Waals surface area contributed by atoms with E-state index in [9.17, 15) is 36.6 Å². The van der Waals surface area contributed by atoms with Gasteiger partial charge in [0.15, 0.2) is 11.5 Å². The zero-order chi connectivity index (χ0) is 25.8. The van der Waals surface area contributed by atoms with E-state index >= 15 is 0 Å². The first-order valence-corrected chi connectivity index (χ1v) is 8.90. The Hall–Kier alpha value is -4.29. The second-order valence-electron chi connectivity index (χ2n) is 6.31. The van der Waals surface area contributed by atoms with Gasteiger partial charge in [-0.15, -0.1) is 0 Å². The third-order valence-electron chi connectivity index (χ3n) is 4.27. The van der Waals surface area contributed by atoms with Crippen molar-refractivity contribution < 1.29 is 56.0 Å². The van der Waals surface area contributed by atoms with Gasteiger partial charge < -0.3 is 19.7 Å². The Kier molecular flexibility index (Phi) is 7.72. The number of aliphatic carboxylic acids is 1. The zero-order valence-electron chi connectivity index (χ0n) is 17.2. The summed E-state index contributed by atoms with van der Waals surface area (Å²) in [6.07, 6.45) is -4.12. The number of ketones is 1. The van der Waals surface area contributed by atoms with Crippen LogP contribution in [0.2, 0.25) is 0 Å². The maximum atomic E-state index is 14.0. The topological polar surface area (TPSA) is 123 Å². The van der Waals surface area contributed by atoms with Crippen LogP contribution in [0.25, 0.3) is 10.8 Å². The van der Waals surface area contributed by atoms with Crippen molar-refractivity contribution >= 4 is 28.5 Å². The van der Waals surface area contributed by atoms with Crippen molar-refractivity contribution in [1.29, 1.82) is 0 Å². The number of carboxylic acid groups (broad SMARTS) is 2. The molecular formula is C21H14F5NO7. The number of hydrogen-bond acceptors (Lipinski definition) is 6. The summed E-state index contributed by atoms with van der Waals surface area (Å²) in [5.74, 6) is -6.70. The average Bonchev–Trinajstić information content (AvgIpc) is 2.76. The molecule has 180 valence electrons. The van der Waals surface area contributed by atoms with Crippen LogP contribution in [0.5, 0.6) is 11.5 Å². The van der Waals surface area contributed by atoms with Gasteiger partial charge >= 0.3 is 18.1 Å². The molecule has 0 spiro atoms. The van der Waals surface area contributed by atoms with E-state index in [2.05, 4.69) is 4.98 Å². The molecule has 0 aliphatic heterocycles. The number of carbonyl (C=O) groups excluding carboxylic acids is 1. The molecule has 8 nitrogen and oxygen atoms in total. The molecule has 0 amide bonds. The van der Waals surface area contributed by atoms with Crippen LogP contribution >= 0.6 is 0 Å². The van der Waals surface area contributed by atoms with Gasteiger partial charge in [-0.05, 0) is 24.3 Å². The monoisotopic (exact) mass is 487 g/mol. The smallest absolute Gasteiger partial charge is 0.490 e. The number of aromatic nitrogens is 1. The molecule has 0 saturated carbocycles. The van der Waals surface area contributed by atoms with Gasteiger partial charge in [-0.2, -0.15) is 13.2 Å². The molecule has 0 unspecified atom stereocenters. The number of alkyl halides is 3. The van der Waals surface area contributed by atoms with E-state index in [1.807, 2.05) is 0 Å². The van der Waals surface area contributed by atoms with Crippen LogP contribution in [0.4, 0.5) is 22.0 Å². The molecule has 0 radical (unpaired) electrons. The highest BCUT2D eigenvalue weighted by atomic mass is 19.4. The predicted octanol–water partition coefficient (Wildman–Crippen LogP) is 4.09. The van der Waals surface area contributed by atoms with Crippen molar-refractivity contribution in [1.82, 2.24) is 4.98 Å². The Morgan fingerprint density at radius 3 is 1.79 bits per heavy atom. The van der Waals surface area contributed by atoms with Crippen molar-refractivity contribution in [3.05, 3.63) is 65.0 Å². The van der Waals surface area contributed by atoms with Gasteiger partial charge in [-0.25, -0.2) is 18.4 Å². The number of halogens is 5.